The first-order valence-electron chi connectivity index (χ1n) is 11.9. The number of nitrogens with one attached hydrogen (secondary N) is 2. The normalized spacial score (nSPS) is 11.0. The molecule has 35 heavy (non-hydrogen) atoms. The molecule has 0 radical (unpaired) electrons. The van der Waals surface area contributed by atoms with Crippen LogP contribution in [0, 0.1) is 13.8 Å². The van der Waals surface area contributed by atoms with Crippen LogP contribution in [0.2, 0.25) is 0 Å². The standard InChI is InChI=1S/C27H34N4O3S/c1-6-30(7-2)14-15-31(27(35)28-23-11-9-8-10-21(23)26(33)34-5)17-20-16-22-18(3)12-13-19(4)24(22)29-25(20)32/h8-13,16H,6-7,14-15,17H2,1-5H3,(H,28,35)(H,29,32). The van der Waals surface area contributed by atoms with E-state index in [1.54, 1.807) is 18.2 Å². The maximum atomic E-state index is 13.0. The maximum Gasteiger partial charge on any atom is 0.339 e. The highest BCUT2D eigenvalue weighted by atomic mass is 32.1. The number of esters is 1. The molecule has 0 unspecified atom stereocenters. The van der Waals surface area contributed by atoms with E-state index in [9.17, 15) is 9.59 Å². The Morgan fingerprint density at radius 3 is 2.43 bits per heavy atom. The van der Waals surface area contributed by atoms with Gasteiger partial charge in [-0.2, -0.15) is 0 Å². The van der Waals surface area contributed by atoms with Crippen molar-refractivity contribution in [2.24, 2.45) is 0 Å². The average molecular weight is 495 g/mol. The van der Waals surface area contributed by atoms with Gasteiger partial charge in [-0.15, -0.1) is 0 Å². The lowest BCUT2D eigenvalue weighted by Gasteiger charge is -2.29. The van der Waals surface area contributed by atoms with Gasteiger partial charge in [0.1, 0.15) is 0 Å². The van der Waals surface area contributed by atoms with Gasteiger partial charge >= 0.3 is 5.97 Å². The largest absolute Gasteiger partial charge is 0.465 e. The minimum Gasteiger partial charge on any atom is -0.465 e. The lowest BCUT2D eigenvalue weighted by molar-refractivity contribution is 0.0602. The van der Waals surface area contributed by atoms with Crippen LogP contribution in [0.4, 0.5) is 5.69 Å². The lowest BCUT2D eigenvalue weighted by Crippen LogP contribution is -2.41. The number of hydrogen-bond acceptors (Lipinski definition) is 5. The number of anilines is 1. The number of para-hydroxylation sites is 1. The van der Waals surface area contributed by atoms with Gasteiger partial charge in [-0.3, -0.25) is 4.79 Å². The Labute approximate surface area is 212 Å². The van der Waals surface area contributed by atoms with E-state index >= 15 is 0 Å². The molecule has 0 spiro atoms. The third-order valence-electron chi connectivity index (χ3n) is 6.32. The molecule has 0 bridgehead atoms. The predicted molar refractivity (Wildman–Crippen MR) is 146 cm³/mol. The van der Waals surface area contributed by atoms with Crippen molar-refractivity contribution in [3.05, 3.63) is 75.1 Å². The average Bonchev–Trinajstić information content (AvgIpc) is 2.86. The number of aryl methyl sites for hydroxylation is 2. The number of carbonyl (C=O) groups excluding carboxylic acids is 1. The molecule has 0 aliphatic heterocycles. The monoisotopic (exact) mass is 494 g/mol. The molecule has 0 aliphatic rings. The summed E-state index contributed by atoms with van der Waals surface area (Å²) in [5.41, 5.74) is 4.47. The number of pyridine rings is 1. The number of benzene rings is 2. The van der Waals surface area contributed by atoms with E-state index in [4.69, 9.17) is 17.0 Å². The van der Waals surface area contributed by atoms with Crippen LogP contribution in [0.3, 0.4) is 0 Å². The minimum atomic E-state index is -0.442. The molecule has 0 saturated heterocycles. The minimum absolute atomic E-state index is 0.128. The Hall–Kier alpha value is -3.23. The molecule has 1 aromatic heterocycles. The van der Waals surface area contributed by atoms with Crippen LogP contribution in [0.25, 0.3) is 10.9 Å². The highest BCUT2D eigenvalue weighted by Gasteiger charge is 2.18. The number of likely N-dealkylation sites (N-methyl/N-ethyl adjacent to an activating group) is 1. The first-order valence-corrected chi connectivity index (χ1v) is 12.3. The topological polar surface area (TPSA) is 77.7 Å². The molecule has 2 N–H and O–H groups in total. The molecule has 3 rings (SSSR count). The van der Waals surface area contributed by atoms with Crippen molar-refractivity contribution in [2.45, 2.75) is 34.2 Å². The fraction of sp³-hybridized carbons (Fsp3) is 0.370. The highest BCUT2D eigenvalue weighted by Crippen LogP contribution is 2.21. The summed E-state index contributed by atoms with van der Waals surface area (Å²) in [7, 11) is 1.35. The zero-order valence-electron chi connectivity index (χ0n) is 21.1. The first kappa shape index (κ1) is 26.4. The van der Waals surface area contributed by atoms with Crippen molar-refractivity contribution in [3.63, 3.8) is 0 Å². The van der Waals surface area contributed by atoms with Gasteiger partial charge in [-0.25, -0.2) is 4.79 Å². The van der Waals surface area contributed by atoms with Crippen molar-refractivity contribution >= 4 is 39.9 Å². The summed E-state index contributed by atoms with van der Waals surface area (Å²) < 4.78 is 4.91. The lowest BCUT2D eigenvalue weighted by atomic mass is 10.0. The van der Waals surface area contributed by atoms with Crippen molar-refractivity contribution < 1.29 is 9.53 Å². The number of H-pyrrole nitrogens is 1. The van der Waals surface area contributed by atoms with Crippen LogP contribution in [0.5, 0.6) is 0 Å². The van der Waals surface area contributed by atoms with Gasteiger partial charge in [0.2, 0.25) is 0 Å². The Balaban J connectivity index is 1.94. The molecular formula is C27H34N4O3S. The van der Waals surface area contributed by atoms with Crippen molar-refractivity contribution in [1.29, 1.82) is 0 Å². The number of aromatic amines is 1. The van der Waals surface area contributed by atoms with Crippen LogP contribution in [0.1, 0.15) is 40.9 Å². The number of ether oxygens (including phenoxy) is 1. The molecule has 2 aromatic carbocycles. The third-order valence-corrected chi connectivity index (χ3v) is 6.68. The Morgan fingerprint density at radius 2 is 1.74 bits per heavy atom. The van der Waals surface area contributed by atoms with E-state index in [0.717, 1.165) is 41.7 Å². The van der Waals surface area contributed by atoms with E-state index in [-0.39, 0.29) is 5.56 Å². The van der Waals surface area contributed by atoms with E-state index < -0.39 is 5.97 Å². The number of carbonyl (C=O) groups is 1. The first-order chi connectivity index (χ1) is 16.8. The molecule has 0 atom stereocenters. The molecule has 0 amide bonds. The van der Waals surface area contributed by atoms with E-state index in [1.165, 1.54) is 7.11 Å². The highest BCUT2D eigenvalue weighted by molar-refractivity contribution is 7.80. The van der Waals surface area contributed by atoms with Crippen LogP contribution in [0.15, 0.2) is 47.3 Å². The summed E-state index contributed by atoms with van der Waals surface area (Å²) in [4.78, 5) is 32.6. The second-order valence-corrected chi connectivity index (χ2v) is 8.91. The van der Waals surface area contributed by atoms with Gasteiger partial charge in [-0.05, 0) is 68.5 Å². The summed E-state index contributed by atoms with van der Waals surface area (Å²) in [6.07, 6.45) is 0. The Bertz CT molecular complexity index is 1270. The Morgan fingerprint density at radius 1 is 1.06 bits per heavy atom. The molecular weight excluding hydrogens is 460 g/mol. The van der Waals surface area contributed by atoms with E-state index in [2.05, 4.69) is 35.1 Å². The van der Waals surface area contributed by atoms with Gasteiger partial charge in [0.25, 0.3) is 5.56 Å². The number of thiocarbonyl (C=S) groups is 1. The van der Waals surface area contributed by atoms with Gasteiger partial charge < -0.3 is 24.8 Å². The number of fused-ring (bicyclic) bond motifs is 1. The van der Waals surface area contributed by atoms with Gasteiger partial charge in [-0.1, -0.05) is 38.1 Å². The number of hydrogen-bond donors (Lipinski definition) is 2. The second kappa shape index (κ2) is 12.0. The maximum absolute atomic E-state index is 13.0. The van der Waals surface area contributed by atoms with Crippen molar-refractivity contribution in [3.8, 4) is 0 Å². The van der Waals surface area contributed by atoms with Crippen LogP contribution < -0.4 is 10.9 Å². The molecule has 186 valence electrons. The van der Waals surface area contributed by atoms with Crippen molar-refractivity contribution in [1.82, 2.24) is 14.8 Å². The molecule has 0 fully saturated rings. The zero-order chi connectivity index (χ0) is 25.5. The quantitative estimate of drug-likeness (QED) is 0.336. The van der Waals surface area contributed by atoms with Crippen molar-refractivity contribution in [2.75, 3.05) is 38.6 Å². The van der Waals surface area contributed by atoms with Gasteiger partial charge in [0.05, 0.1) is 30.4 Å². The number of rotatable bonds is 9. The summed E-state index contributed by atoms with van der Waals surface area (Å²) in [6, 6.07) is 13.1. The number of methoxy groups -OCH3 is 1. The number of aromatic nitrogens is 1. The fourth-order valence-electron chi connectivity index (χ4n) is 4.07. The van der Waals surface area contributed by atoms with Gasteiger partial charge in [0.15, 0.2) is 5.11 Å². The fourth-order valence-corrected chi connectivity index (χ4v) is 4.34. The summed E-state index contributed by atoms with van der Waals surface area (Å²) in [6.45, 7) is 11.9. The Kier molecular flexibility index (Phi) is 9.01. The summed E-state index contributed by atoms with van der Waals surface area (Å²) >= 11 is 5.78. The molecule has 0 aliphatic carbocycles. The van der Waals surface area contributed by atoms with E-state index in [1.807, 2.05) is 36.9 Å². The molecule has 1 heterocycles. The van der Waals surface area contributed by atoms with Crippen LogP contribution in [-0.4, -0.2) is 59.2 Å². The van der Waals surface area contributed by atoms with Gasteiger partial charge in [0, 0.05) is 24.0 Å². The van der Waals surface area contributed by atoms with Crippen LogP contribution >= 0.6 is 12.2 Å². The summed E-state index contributed by atoms with van der Waals surface area (Å²) in [5.74, 6) is -0.442. The molecule has 7 nitrogen and oxygen atoms in total. The number of nitrogens with zero attached hydrogens (tertiary/aromatic N) is 2. The third kappa shape index (κ3) is 6.26. The van der Waals surface area contributed by atoms with E-state index in [0.29, 0.717) is 35.0 Å². The molecule has 0 saturated carbocycles. The molecule has 3 aromatic rings. The zero-order valence-corrected chi connectivity index (χ0v) is 21.9. The SMILES string of the molecule is CCN(CC)CCN(Cc1cc2c(C)ccc(C)c2[nH]c1=O)C(=S)Nc1ccccc1C(=O)OC. The smallest absolute Gasteiger partial charge is 0.339 e. The van der Waals surface area contributed by atoms with Crippen LogP contribution in [-0.2, 0) is 11.3 Å². The summed E-state index contributed by atoms with van der Waals surface area (Å²) in [5, 5.41) is 4.67. The second-order valence-electron chi connectivity index (χ2n) is 8.53. The molecule has 8 heteroatoms. The predicted octanol–water partition coefficient (Wildman–Crippen LogP) is 4.47.